The van der Waals surface area contributed by atoms with Gasteiger partial charge < -0.3 is 20.1 Å². The van der Waals surface area contributed by atoms with Gasteiger partial charge in [0.25, 0.3) is 5.56 Å². The molecule has 0 bridgehead atoms. The number of hydrogen-bond acceptors (Lipinski definition) is 7. The molecule has 1 aromatic carbocycles. The minimum atomic E-state index is -0.192. The summed E-state index contributed by atoms with van der Waals surface area (Å²) in [5.74, 6) is 1.95. The Labute approximate surface area is 232 Å². The van der Waals surface area contributed by atoms with Gasteiger partial charge in [0.05, 0.1) is 22.9 Å². The van der Waals surface area contributed by atoms with Crippen molar-refractivity contribution in [2.24, 2.45) is 18.2 Å². The van der Waals surface area contributed by atoms with E-state index in [9.17, 15) is 4.79 Å². The Hall–Kier alpha value is -1.86. The summed E-state index contributed by atoms with van der Waals surface area (Å²) in [6, 6.07) is 5.11. The summed E-state index contributed by atoms with van der Waals surface area (Å²) >= 11 is 15.4. The van der Waals surface area contributed by atoms with Gasteiger partial charge in [-0.15, -0.1) is 5.10 Å². The van der Waals surface area contributed by atoms with Crippen LogP contribution in [0.1, 0.15) is 24.2 Å². The molecule has 9 nitrogen and oxygen atoms in total. The first-order valence-corrected chi connectivity index (χ1v) is 13.6. The van der Waals surface area contributed by atoms with Crippen molar-refractivity contribution in [2.45, 2.75) is 36.8 Å². The second-order valence-corrected chi connectivity index (χ2v) is 11.4. The standard InChI is InChI=1S/C24H27Cl2IN6O3/c1-13-22(32-10-7-24(8-11-32)12-35-21(27)20(24)28)29-14(2)33(23(13)34)15-4-5-16(19(26)18(15)25)36-17-6-9-31(3)30-17/h4-6,9,20-21H,7-8,10-12,28H2,1-3H3/t20-,21-/m1/s1. The number of aryl methyl sites for hydroxylation is 2. The van der Waals surface area contributed by atoms with Crippen LogP contribution in [0.15, 0.2) is 29.2 Å². The number of benzene rings is 1. The maximum absolute atomic E-state index is 13.6. The predicted octanol–water partition coefficient (Wildman–Crippen LogP) is 4.39. The van der Waals surface area contributed by atoms with Gasteiger partial charge >= 0.3 is 0 Å². The number of alkyl halides is 1. The summed E-state index contributed by atoms with van der Waals surface area (Å²) in [6.45, 7) is 5.80. The smallest absolute Gasteiger partial charge is 0.263 e. The van der Waals surface area contributed by atoms with Crippen LogP contribution < -0.4 is 20.9 Å². The Kier molecular flexibility index (Phi) is 7.01. The van der Waals surface area contributed by atoms with E-state index in [4.69, 9.17) is 43.4 Å². The molecule has 2 saturated heterocycles. The zero-order valence-corrected chi connectivity index (χ0v) is 23.8. The summed E-state index contributed by atoms with van der Waals surface area (Å²) < 4.78 is 14.7. The summed E-state index contributed by atoms with van der Waals surface area (Å²) in [4.78, 5) is 20.5. The Bertz CT molecular complexity index is 1370. The SMILES string of the molecule is Cc1c(N2CCC3(CC2)CO[C@@H](I)[C@H]3N)nc(C)n(-c2ccc(Oc3ccn(C)n3)c(Cl)c2Cl)c1=O. The molecule has 3 aromatic rings. The quantitative estimate of drug-likeness (QED) is 0.332. The number of rotatable bonds is 4. The van der Waals surface area contributed by atoms with Gasteiger partial charge in [0.1, 0.15) is 26.5 Å². The first kappa shape index (κ1) is 25.8. The van der Waals surface area contributed by atoms with Gasteiger partial charge in [-0.3, -0.25) is 14.0 Å². The van der Waals surface area contributed by atoms with Crippen LogP contribution in [-0.2, 0) is 11.8 Å². The van der Waals surface area contributed by atoms with Gasteiger partial charge in [0.15, 0.2) is 0 Å². The second-order valence-electron chi connectivity index (χ2n) is 9.43. The Morgan fingerprint density at radius 3 is 2.53 bits per heavy atom. The van der Waals surface area contributed by atoms with E-state index in [1.54, 1.807) is 50.0 Å². The van der Waals surface area contributed by atoms with Gasteiger partial charge in [0, 0.05) is 43.9 Å². The highest BCUT2D eigenvalue weighted by atomic mass is 127. The average Bonchev–Trinajstić information content (AvgIpc) is 3.39. The molecular weight excluding hydrogens is 618 g/mol. The second kappa shape index (κ2) is 9.79. The molecule has 2 aliphatic heterocycles. The van der Waals surface area contributed by atoms with Gasteiger partial charge in [-0.05, 0) is 61.4 Å². The summed E-state index contributed by atoms with van der Waals surface area (Å²) in [6.07, 6.45) is 3.56. The molecule has 2 atom stereocenters. The number of nitrogens with two attached hydrogens (primary N) is 1. The maximum atomic E-state index is 13.6. The normalized spacial score (nSPS) is 21.4. The van der Waals surface area contributed by atoms with Crippen LogP contribution in [0.3, 0.4) is 0 Å². The molecule has 2 fully saturated rings. The minimum absolute atomic E-state index is 0.0103. The molecule has 0 radical (unpaired) electrons. The molecule has 0 unspecified atom stereocenters. The van der Waals surface area contributed by atoms with E-state index in [-0.39, 0.29) is 31.2 Å². The number of piperidine rings is 1. The van der Waals surface area contributed by atoms with E-state index in [2.05, 4.69) is 32.6 Å². The van der Waals surface area contributed by atoms with Crippen LogP contribution in [0, 0.1) is 19.3 Å². The molecule has 192 valence electrons. The molecular formula is C24H27Cl2IN6O3. The molecule has 2 N–H and O–H groups in total. The monoisotopic (exact) mass is 644 g/mol. The highest BCUT2D eigenvalue weighted by molar-refractivity contribution is 14.1. The molecule has 2 aliphatic rings. The van der Waals surface area contributed by atoms with Crippen LogP contribution in [0.25, 0.3) is 5.69 Å². The van der Waals surface area contributed by atoms with E-state index in [1.807, 2.05) is 0 Å². The third-order valence-corrected chi connectivity index (χ3v) is 9.19. The van der Waals surface area contributed by atoms with Crippen molar-refractivity contribution < 1.29 is 9.47 Å². The van der Waals surface area contributed by atoms with Gasteiger partial charge in [-0.2, -0.15) is 0 Å². The van der Waals surface area contributed by atoms with Crippen molar-refractivity contribution >= 4 is 51.6 Å². The molecule has 0 saturated carbocycles. The summed E-state index contributed by atoms with van der Waals surface area (Å²) in [5, 5.41) is 4.58. The maximum Gasteiger partial charge on any atom is 0.263 e. The van der Waals surface area contributed by atoms with Crippen molar-refractivity contribution in [3.63, 3.8) is 0 Å². The number of ether oxygens (including phenoxy) is 2. The molecule has 12 heteroatoms. The summed E-state index contributed by atoms with van der Waals surface area (Å²) in [7, 11) is 1.79. The first-order valence-electron chi connectivity index (χ1n) is 11.6. The topological polar surface area (TPSA) is 100 Å². The lowest BCUT2D eigenvalue weighted by molar-refractivity contribution is 0.127. The Balaban J connectivity index is 1.43. The zero-order valence-electron chi connectivity index (χ0n) is 20.2. The molecule has 0 amide bonds. The molecule has 5 rings (SSSR count). The predicted molar refractivity (Wildman–Crippen MR) is 148 cm³/mol. The molecule has 0 aliphatic carbocycles. The number of aromatic nitrogens is 4. The van der Waals surface area contributed by atoms with Crippen molar-refractivity contribution in [3.8, 4) is 17.3 Å². The Morgan fingerprint density at radius 1 is 1.19 bits per heavy atom. The van der Waals surface area contributed by atoms with Crippen LogP contribution in [0.4, 0.5) is 5.82 Å². The van der Waals surface area contributed by atoms with E-state index in [1.165, 1.54) is 4.57 Å². The summed E-state index contributed by atoms with van der Waals surface area (Å²) in [5.41, 5.74) is 7.25. The molecule has 36 heavy (non-hydrogen) atoms. The van der Waals surface area contributed by atoms with Crippen LogP contribution in [0.2, 0.25) is 10.0 Å². The van der Waals surface area contributed by atoms with Gasteiger partial charge in [-0.25, -0.2) is 4.98 Å². The van der Waals surface area contributed by atoms with Crippen molar-refractivity contribution in [1.82, 2.24) is 19.3 Å². The van der Waals surface area contributed by atoms with Crippen LogP contribution in [-0.4, -0.2) is 49.2 Å². The van der Waals surface area contributed by atoms with Crippen LogP contribution >= 0.6 is 45.8 Å². The third-order valence-electron chi connectivity index (χ3n) is 7.20. The highest BCUT2D eigenvalue weighted by Gasteiger charge is 2.48. The lowest BCUT2D eigenvalue weighted by Crippen LogP contribution is -2.50. The largest absolute Gasteiger partial charge is 0.436 e. The van der Waals surface area contributed by atoms with Gasteiger partial charge in [-0.1, -0.05) is 23.2 Å². The fourth-order valence-corrected chi connectivity index (χ4v) is 6.37. The number of anilines is 1. The van der Waals surface area contributed by atoms with E-state index in [0.29, 0.717) is 41.1 Å². The number of nitrogens with zero attached hydrogens (tertiary/aromatic N) is 5. The molecule has 2 aromatic heterocycles. The van der Waals surface area contributed by atoms with E-state index < -0.39 is 0 Å². The number of halogens is 3. The first-order chi connectivity index (χ1) is 17.1. The fourth-order valence-electron chi connectivity index (χ4n) is 4.99. The third kappa shape index (κ3) is 4.40. The Morgan fingerprint density at radius 2 is 1.92 bits per heavy atom. The minimum Gasteiger partial charge on any atom is -0.436 e. The highest BCUT2D eigenvalue weighted by Crippen LogP contribution is 2.44. The van der Waals surface area contributed by atoms with E-state index >= 15 is 0 Å². The fraction of sp³-hybridized carbons (Fsp3) is 0.458. The lowest BCUT2D eigenvalue weighted by Gasteiger charge is -2.41. The average molecular weight is 645 g/mol. The van der Waals surface area contributed by atoms with Crippen molar-refractivity contribution in [3.05, 3.63) is 56.2 Å². The van der Waals surface area contributed by atoms with Crippen LogP contribution in [0.5, 0.6) is 11.6 Å². The number of hydrogen-bond donors (Lipinski definition) is 1. The van der Waals surface area contributed by atoms with Crippen molar-refractivity contribution in [1.29, 1.82) is 0 Å². The van der Waals surface area contributed by atoms with Gasteiger partial charge in [0.2, 0.25) is 5.88 Å². The van der Waals surface area contributed by atoms with Crippen molar-refractivity contribution in [2.75, 3.05) is 24.6 Å². The molecule has 1 spiro atoms. The lowest BCUT2D eigenvalue weighted by atomic mass is 9.75. The zero-order chi connectivity index (χ0) is 25.8. The van der Waals surface area contributed by atoms with E-state index in [0.717, 1.165) is 25.9 Å². The molecule has 4 heterocycles.